The molecule has 6 heteroatoms. The standard InChI is InChI=1S/C18H23N3O2S/c1-10(2)8-19-17(22)14-11-3-4-12(7-11)15(14)18-20-16(21-23-18)13-5-6-24-9-13/h5-6,9-12,14-15H,3-4,7-8H2,1-2H3,(H,19,22)/t11-,12+,14-,15-/m0/s1. The first-order valence-corrected chi connectivity index (χ1v) is 9.71. The Labute approximate surface area is 145 Å². The maximum absolute atomic E-state index is 12.8. The highest BCUT2D eigenvalue weighted by Gasteiger charge is 2.53. The summed E-state index contributed by atoms with van der Waals surface area (Å²) in [5.41, 5.74) is 0.985. The van der Waals surface area contributed by atoms with Crippen LogP contribution in [0.2, 0.25) is 0 Å². The van der Waals surface area contributed by atoms with Crippen molar-refractivity contribution in [1.29, 1.82) is 0 Å². The van der Waals surface area contributed by atoms with Crippen molar-refractivity contribution in [2.24, 2.45) is 23.7 Å². The van der Waals surface area contributed by atoms with Crippen LogP contribution in [0.5, 0.6) is 0 Å². The maximum Gasteiger partial charge on any atom is 0.231 e. The van der Waals surface area contributed by atoms with Crippen LogP contribution in [0.1, 0.15) is 44.9 Å². The molecule has 2 aliphatic rings. The number of carbonyl (C=O) groups is 1. The average Bonchev–Trinajstić information content (AvgIpc) is 3.34. The zero-order valence-electron chi connectivity index (χ0n) is 14.1. The summed E-state index contributed by atoms with van der Waals surface area (Å²) in [5.74, 6) is 2.93. The Balaban J connectivity index is 1.57. The number of thiophene rings is 1. The van der Waals surface area contributed by atoms with Crippen molar-refractivity contribution in [1.82, 2.24) is 15.5 Å². The first-order chi connectivity index (χ1) is 11.6. The second-order valence-corrected chi connectivity index (χ2v) is 8.27. The third-order valence-corrected chi connectivity index (χ3v) is 6.09. The predicted octanol–water partition coefficient (Wildman–Crippen LogP) is 3.70. The van der Waals surface area contributed by atoms with Gasteiger partial charge in [-0.15, -0.1) is 0 Å². The molecule has 128 valence electrons. The summed E-state index contributed by atoms with van der Waals surface area (Å²) in [5, 5.41) is 11.3. The Morgan fingerprint density at radius 1 is 1.42 bits per heavy atom. The number of amides is 1. The summed E-state index contributed by atoms with van der Waals surface area (Å²) in [6.07, 6.45) is 3.42. The normalized spacial score (nSPS) is 28.6. The van der Waals surface area contributed by atoms with E-state index in [9.17, 15) is 4.79 Å². The molecule has 0 saturated heterocycles. The third kappa shape index (κ3) is 2.77. The van der Waals surface area contributed by atoms with E-state index in [2.05, 4.69) is 29.3 Å². The summed E-state index contributed by atoms with van der Waals surface area (Å²) in [4.78, 5) is 17.4. The molecule has 0 aliphatic heterocycles. The van der Waals surface area contributed by atoms with Crippen molar-refractivity contribution in [3.63, 3.8) is 0 Å². The van der Waals surface area contributed by atoms with Crippen LogP contribution in [0.4, 0.5) is 0 Å². The smallest absolute Gasteiger partial charge is 0.231 e. The van der Waals surface area contributed by atoms with Crippen LogP contribution in [0.25, 0.3) is 11.4 Å². The van der Waals surface area contributed by atoms with Crippen molar-refractivity contribution < 1.29 is 9.32 Å². The summed E-state index contributed by atoms with van der Waals surface area (Å²) in [6, 6.07) is 1.99. The van der Waals surface area contributed by atoms with Gasteiger partial charge in [-0.25, -0.2) is 0 Å². The minimum Gasteiger partial charge on any atom is -0.356 e. The van der Waals surface area contributed by atoms with Crippen molar-refractivity contribution in [3.05, 3.63) is 22.7 Å². The zero-order chi connectivity index (χ0) is 16.7. The Hall–Kier alpha value is -1.69. The minimum atomic E-state index is -0.0155. The number of rotatable bonds is 5. The highest BCUT2D eigenvalue weighted by Crippen LogP contribution is 2.56. The molecule has 0 aromatic carbocycles. The number of aromatic nitrogens is 2. The Morgan fingerprint density at radius 2 is 2.25 bits per heavy atom. The van der Waals surface area contributed by atoms with E-state index in [-0.39, 0.29) is 17.7 Å². The van der Waals surface area contributed by atoms with E-state index in [1.807, 2.05) is 16.8 Å². The minimum absolute atomic E-state index is 0.0155. The molecular weight excluding hydrogens is 322 g/mol. The molecule has 2 aliphatic carbocycles. The van der Waals surface area contributed by atoms with Gasteiger partial charge in [-0.2, -0.15) is 16.3 Å². The van der Waals surface area contributed by atoms with Crippen LogP contribution in [0.15, 0.2) is 21.3 Å². The number of carbonyl (C=O) groups excluding carboxylic acids is 1. The van der Waals surface area contributed by atoms with Gasteiger partial charge in [0.25, 0.3) is 0 Å². The van der Waals surface area contributed by atoms with E-state index in [4.69, 9.17) is 4.52 Å². The molecule has 1 N–H and O–H groups in total. The fourth-order valence-corrected chi connectivity index (χ4v) is 4.96. The summed E-state index contributed by atoms with van der Waals surface area (Å²) in [6.45, 7) is 4.96. The summed E-state index contributed by atoms with van der Waals surface area (Å²) >= 11 is 1.62. The first kappa shape index (κ1) is 15.8. The number of hydrogen-bond acceptors (Lipinski definition) is 5. The molecule has 0 unspecified atom stereocenters. The van der Waals surface area contributed by atoms with Crippen molar-refractivity contribution >= 4 is 17.2 Å². The van der Waals surface area contributed by atoms with Gasteiger partial charge >= 0.3 is 0 Å². The molecule has 2 bridgehead atoms. The fourth-order valence-electron chi connectivity index (χ4n) is 4.33. The molecule has 0 spiro atoms. The number of hydrogen-bond donors (Lipinski definition) is 1. The van der Waals surface area contributed by atoms with Gasteiger partial charge in [0.2, 0.25) is 17.6 Å². The van der Waals surface area contributed by atoms with E-state index in [1.54, 1.807) is 11.3 Å². The Kier molecular flexibility index (Phi) is 4.16. The van der Waals surface area contributed by atoms with Crippen LogP contribution in [-0.2, 0) is 4.79 Å². The van der Waals surface area contributed by atoms with Crippen LogP contribution in [0.3, 0.4) is 0 Å². The highest BCUT2D eigenvalue weighted by atomic mass is 32.1. The molecule has 2 fully saturated rings. The van der Waals surface area contributed by atoms with Crippen LogP contribution in [0, 0.1) is 23.7 Å². The maximum atomic E-state index is 12.8. The van der Waals surface area contributed by atoms with E-state index < -0.39 is 0 Å². The number of fused-ring (bicyclic) bond motifs is 2. The Morgan fingerprint density at radius 3 is 3.00 bits per heavy atom. The first-order valence-electron chi connectivity index (χ1n) is 8.77. The average molecular weight is 345 g/mol. The van der Waals surface area contributed by atoms with Crippen molar-refractivity contribution in [2.75, 3.05) is 6.54 Å². The van der Waals surface area contributed by atoms with E-state index >= 15 is 0 Å². The Bertz CT molecular complexity index is 710. The molecule has 0 radical (unpaired) electrons. The molecule has 2 aromatic rings. The molecule has 2 aromatic heterocycles. The van der Waals surface area contributed by atoms with Crippen LogP contribution in [-0.4, -0.2) is 22.6 Å². The molecule has 2 heterocycles. The molecular formula is C18H23N3O2S. The lowest BCUT2D eigenvalue weighted by atomic mass is 9.78. The van der Waals surface area contributed by atoms with Crippen molar-refractivity contribution in [3.8, 4) is 11.4 Å². The van der Waals surface area contributed by atoms with Gasteiger partial charge in [0.15, 0.2) is 0 Å². The fraction of sp³-hybridized carbons (Fsp3) is 0.611. The molecule has 4 rings (SSSR count). The van der Waals surface area contributed by atoms with Gasteiger partial charge in [-0.3, -0.25) is 4.79 Å². The molecule has 5 nitrogen and oxygen atoms in total. The lowest BCUT2D eigenvalue weighted by molar-refractivity contribution is -0.127. The monoisotopic (exact) mass is 345 g/mol. The molecule has 24 heavy (non-hydrogen) atoms. The quantitative estimate of drug-likeness (QED) is 0.897. The molecule has 4 atom stereocenters. The summed E-state index contributed by atoms with van der Waals surface area (Å²) in [7, 11) is 0. The van der Waals surface area contributed by atoms with E-state index in [0.717, 1.165) is 24.9 Å². The van der Waals surface area contributed by atoms with Gasteiger partial charge in [0.05, 0.1) is 11.8 Å². The highest BCUT2D eigenvalue weighted by molar-refractivity contribution is 7.08. The molecule has 2 saturated carbocycles. The lowest BCUT2D eigenvalue weighted by Crippen LogP contribution is -2.39. The SMILES string of the molecule is CC(C)CNC(=O)[C@H]1[C@H]2CC[C@H](C2)[C@@H]1c1nc(-c2ccsc2)no1. The zero-order valence-corrected chi connectivity index (χ0v) is 14.9. The van der Waals surface area contributed by atoms with E-state index in [0.29, 0.717) is 29.5 Å². The molecule has 1 amide bonds. The topological polar surface area (TPSA) is 68.0 Å². The largest absolute Gasteiger partial charge is 0.356 e. The second kappa shape index (κ2) is 6.31. The van der Waals surface area contributed by atoms with Gasteiger partial charge < -0.3 is 9.84 Å². The summed E-state index contributed by atoms with van der Waals surface area (Å²) < 4.78 is 5.59. The van der Waals surface area contributed by atoms with Crippen LogP contribution < -0.4 is 5.32 Å². The van der Waals surface area contributed by atoms with Crippen LogP contribution >= 0.6 is 11.3 Å². The lowest BCUT2D eigenvalue weighted by Gasteiger charge is -2.27. The predicted molar refractivity (Wildman–Crippen MR) is 92.5 cm³/mol. The third-order valence-electron chi connectivity index (χ3n) is 5.41. The number of nitrogens with one attached hydrogen (secondary N) is 1. The van der Waals surface area contributed by atoms with Gasteiger partial charge in [0.1, 0.15) is 0 Å². The number of nitrogens with zero attached hydrogens (tertiary/aromatic N) is 2. The van der Waals surface area contributed by atoms with Gasteiger partial charge in [-0.1, -0.05) is 19.0 Å². The second-order valence-electron chi connectivity index (χ2n) is 7.49. The van der Waals surface area contributed by atoms with Gasteiger partial charge in [-0.05, 0) is 48.5 Å². The van der Waals surface area contributed by atoms with Gasteiger partial charge in [0, 0.05) is 17.5 Å². The van der Waals surface area contributed by atoms with Crippen molar-refractivity contribution in [2.45, 2.75) is 39.0 Å². The van der Waals surface area contributed by atoms with E-state index in [1.165, 1.54) is 6.42 Å².